The van der Waals surface area contributed by atoms with E-state index in [4.69, 9.17) is 10.7 Å². The minimum Gasteiger partial charge on any atom is -0.382 e. The van der Waals surface area contributed by atoms with Crippen LogP contribution in [-0.4, -0.2) is 15.2 Å². The number of nitrogen functional groups attached to an aromatic ring is 1. The van der Waals surface area contributed by atoms with E-state index in [0.29, 0.717) is 11.7 Å². The van der Waals surface area contributed by atoms with Crippen LogP contribution in [0.2, 0.25) is 0 Å². The van der Waals surface area contributed by atoms with E-state index in [9.17, 15) is 0 Å². The molecule has 0 saturated heterocycles. The average Bonchev–Trinajstić information content (AvgIpc) is 2.95. The van der Waals surface area contributed by atoms with Gasteiger partial charge in [0, 0.05) is 5.56 Å². The summed E-state index contributed by atoms with van der Waals surface area (Å²) in [5.74, 6) is 0.979. The highest BCUT2D eigenvalue weighted by Gasteiger charge is 2.24. The zero-order valence-electron chi connectivity index (χ0n) is 14.2. The number of nitrogens with two attached hydrogens (primary N) is 1. The van der Waals surface area contributed by atoms with Gasteiger partial charge in [0.15, 0.2) is 11.5 Å². The van der Waals surface area contributed by atoms with Crippen LogP contribution >= 0.6 is 0 Å². The van der Waals surface area contributed by atoms with E-state index < -0.39 is 0 Å². The van der Waals surface area contributed by atoms with Crippen molar-refractivity contribution >= 4 is 16.9 Å². The molecular formula is C20H22N4. The molecule has 1 aromatic carbocycles. The molecule has 1 aliphatic carbocycles. The molecule has 0 saturated carbocycles. The molecule has 1 aliphatic rings. The quantitative estimate of drug-likeness (QED) is 0.689. The number of benzene rings is 1. The highest BCUT2D eigenvalue weighted by atomic mass is 15.2. The summed E-state index contributed by atoms with van der Waals surface area (Å²) in [7, 11) is 0. The van der Waals surface area contributed by atoms with Gasteiger partial charge in [-0.15, -0.1) is 0 Å². The highest BCUT2D eigenvalue weighted by molar-refractivity contribution is 5.93. The Bertz CT molecular complexity index is 950. The molecule has 0 bridgehead atoms. The van der Waals surface area contributed by atoms with Crippen molar-refractivity contribution in [2.75, 3.05) is 5.73 Å². The van der Waals surface area contributed by atoms with Crippen LogP contribution in [0.1, 0.15) is 42.9 Å². The second kappa shape index (κ2) is 5.48. The summed E-state index contributed by atoms with van der Waals surface area (Å²) in [6.07, 6.45) is 2.83. The zero-order chi connectivity index (χ0) is 16.8. The van der Waals surface area contributed by atoms with E-state index in [2.05, 4.69) is 54.9 Å². The summed E-state index contributed by atoms with van der Waals surface area (Å²) in [6.45, 7) is 8.63. The molecule has 3 N–H and O–H groups in total. The molecule has 0 atom stereocenters. The number of fused-ring (bicyclic) bond motifs is 3. The molecule has 0 unspecified atom stereocenters. The number of pyridine rings is 1. The summed E-state index contributed by atoms with van der Waals surface area (Å²) in [5.41, 5.74) is 14.3. The van der Waals surface area contributed by atoms with E-state index in [-0.39, 0.29) is 0 Å². The normalized spacial score (nSPS) is 14.4. The van der Waals surface area contributed by atoms with Crippen LogP contribution in [0.5, 0.6) is 0 Å². The number of hydrogen-bond donors (Lipinski definition) is 2. The van der Waals surface area contributed by atoms with E-state index in [0.717, 1.165) is 36.0 Å². The Kier molecular flexibility index (Phi) is 3.41. The molecule has 122 valence electrons. The van der Waals surface area contributed by atoms with E-state index >= 15 is 0 Å². The number of allylic oxidation sites excluding steroid dienone is 1. The molecule has 0 spiro atoms. The third-order valence-electron chi connectivity index (χ3n) is 4.94. The predicted molar refractivity (Wildman–Crippen MR) is 99.0 cm³/mol. The van der Waals surface area contributed by atoms with Crippen LogP contribution in [-0.2, 0) is 12.8 Å². The fourth-order valence-corrected chi connectivity index (χ4v) is 3.74. The lowest BCUT2D eigenvalue weighted by molar-refractivity contribution is 0.838. The molecule has 4 rings (SSSR count). The minimum absolute atomic E-state index is 0.444. The van der Waals surface area contributed by atoms with Crippen LogP contribution < -0.4 is 5.73 Å². The third kappa shape index (κ3) is 2.21. The first-order valence-electron chi connectivity index (χ1n) is 8.47. The van der Waals surface area contributed by atoms with Crippen LogP contribution in [0.3, 0.4) is 0 Å². The first kappa shape index (κ1) is 14.9. The van der Waals surface area contributed by atoms with Gasteiger partial charge in [0.05, 0.1) is 11.1 Å². The van der Waals surface area contributed by atoms with Crippen molar-refractivity contribution in [1.29, 1.82) is 0 Å². The Hall–Kier alpha value is -2.62. The lowest BCUT2D eigenvalue weighted by Crippen LogP contribution is -2.10. The van der Waals surface area contributed by atoms with Gasteiger partial charge in [0.25, 0.3) is 0 Å². The summed E-state index contributed by atoms with van der Waals surface area (Å²) in [4.78, 5) is 4.92. The smallest absolute Gasteiger partial charge is 0.158 e. The summed E-state index contributed by atoms with van der Waals surface area (Å²) < 4.78 is 0. The standard InChI is InChI=1S/C20H22N4/c1-11(2)13-6-4-5-7-14(13)18-15-9-8-12(3)10-16(15)17-19(21)23-24-20(17)22-18/h4-7,11H,3,8-10H2,1-2H3,(H3,21,22,23,24). The lowest BCUT2D eigenvalue weighted by Gasteiger charge is -2.23. The van der Waals surface area contributed by atoms with Crippen molar-refractivity contribution in [1.82, 2.24) is 15.2 Å². The van der Waals surface area contributed by atoms with Crippen LogP contribution in [0.15, 0.2) is 36.4 Å². The fraction of sp³-hybridized carbons (Fsp3) is 0.300. The van der Waals surface area contributed by atoms with Crippen LogP contribution in [0.4, 0.5) is 5.82 Å². The Morgan fingerprint density at radius 1 is 1.17 bits per heavy atom. The number of aromatic amines is 1. The molecule has 0 aliphatic heterocycles. The molecule has 4 nitrogen and oxygen atoms in total. The summed E-state index contributed by atoms with van der Waals surface area (Å²) in [5, 5.41) is 8.15. The first-order chi connectivity index (χ1) is 11.6. The van der Waals surface area contributed by atoms with Crippen molar-refractivity contribution in [2.24, 2.45) is 0 Å². The average molecular weight is 318 g/mol. The monoisotopic (exact) mass is 318 g/mol. The molecule has 0 fully saturated rings. The van der Waals surface area contributed by atoms with E-state index in [1.807, 2.05) is 0 Å². The SMILES string of the molecule is C=C1CCc2c(-c3ccccc3C(C)C)nc3[nH]nc(N)c3c2C1. The zero-order valence-corrected chi connectivity index (χ0v) is 14.2. The van der Waals surface area contributed by atoms with E-state index in [1.165, 1.54) is 27.8 Å². The maximum absolute atomic E-state index is 6.10. The van der Waals surface area contributed by atoms with Crippen molar-refractivity contribution in [2.45, 2.75) is 39.0 Å². The van der Waals surface area contributed by atoms with E-state index in [1.54, 1.807) is 0 Å². The van der Waals surface area contributed by atoms with Gasteiger partial charge in [-0.1, -0.05) is 50.3 Å². The van der Waals surface area contributed by atoms with Crippen molar-refractivity contribution in [3.8, 4) is 11.3 Å². The van der Waals surface area contributed by atoms with Crippen molar-refractivity contribution < 1.29 is 0 Å². The maximum Gasteiger partial charge on any atom is 0.158 e. The van der Waals surface area contributed by atoms with Crippen LogP contribution in [0, 0.1) is 0 Å². The molecule has 0 radical (unpaired) electrons. The third-order valence-corrected chi connectivity index (χ3v) is 4.94. The number of hydrogen-bond acceptors (Lipinski definition) is 3. The topological polar surface area (TPSA) is 67.6 Å². The number of H-pyrrole nitrogens is 1. The molecule has 4 heteroatoms. The second-order valence-electron chi connectivity index (χ2n) is 6.92. The number of nitrogens with zero attached hydrogens (tertiary/aromatic N) is 2. The van der Waals surface area contributed by atoms with Gasteiger partial charge in [-0.05, 0) is 41.9 Å². The van der Waals surface area contributed by atoms with Crippen molar-refractivity contribution in [3.05, 3.63) is 53.1 Å². The minimum atomic E-state index is 0.444. The molecule has 24 heavy (non-hydrogen) atoms. The summed E-state index contributed by atoms with van der Waals surface area (Å²) >= 11 is 0. The number of nitrogens with one attached hydrogen (secondary N) is 1. The molecule has 2 heterocycles. The van der Waals surface area contributed by atoms with Gasteiger partial charge in [0.2, 0.25) is 0 Å². The van der Waals surface area contributed by atoms with Gasteiger partial charge in [0.1, 0.15) is 0 Å². The molecule has 3 aromatic rings. The van der Waals surface area contributed by atoms with Gasteiger partial charge in [-0.3, -0.25) is 5.10 Å². The Morgan fingerprint density at radius 2 is 1.96 bits per heavy atom. The fourth-order valence-electron chi connectivity index (χ4n) is 3.74. The Morgan fingerprint density at radius 3 is 2.75 bits per heavy atom. The predicted octanol–water partition coefficient (Wildman–Crippen LogP) is 4.38. The van der Waals surface area contributed by atoms with Gasteiger partial charge in [-0.2, -0.15) is 5.10 Å². The number of rotatable bonds is 2. The van der Waals surface area contributed by atoms with Crippen molar-refractivity contribution in [3.63, 3.8) is 0 Å². The molecule has 2 aromatic heterocycles. The largest absolute Gasteiger partial charge is 0.382 e. The first-order valence-corrected chi connectivity index (χ1v) is 8.47. The number of aromatic nitrogens is 3. The molecule has 0 amide bonds. The molecular weight excluding hydrogens is 296 g/mol. The van der Waals surface area contributed by atoms with Crippen LogP contribution in [0.25, 0.3) is 22.3 Å². The Balaban J connectivity index is 2.06. The second-order valence-corrected chi connectivity index (χ2v) is 6.92. The maximum atomic E-state index is 6.10. The van der Waals surface area contributed by atoms with Gasteiger partial charge >= 0.3 is 0 Å². The summed E-state index contributed by atoms with van der Waals surface area (Å²) in [6, 6.07) is 8.55. The van der Waals surface area contributed by atoms with Gasteiger partial charge in [-0.25, -0.2) is 4.98 Å². The highest BCUT2D eigenvalue weighted by Crippen LogP contribution is 2.39. The van der Waals surface area contributed by atoms with Gasteiger partial charge < -0.3 is 5.73 Å². The Labute approximate surface area is 141 Å². The number of anilines is 1. The lowest BCUT2D eigenvalue weighted by atomic mass is 9.83.